The number of methoxy groups -OCH3 is 1. The van der Waals surface area contributed by atoms with Crippen LogP contribution in [0.2, 0.25) is 0 Å². The minimum Gasteiger partial charge on any atom is -0.504 e. The van der Waals surface area contributed by atoms with E-state index >= 15 is 0 Å². The van der Waals surface area contributed by atoms with E-state index in [2.05, 4.69) is 5.32 Å². The highest BCUT2D eigenvalue weighted by Gasteiger charge is 2.17. The monoisotopic (exact) mass is 239 g/mol. The maximum absolute atomic E-state index is 13.7. The number of phenols is 1. The summed E-state index contributed by atoms with van der Waals surface area (Å²) < 4.78 is 18.7. The zero-order chi connectivity index (χ0) is 12.3. The standard InChI is InChI=1S/C13H18FNO2/c1-17-13-7-10(11(14)8-12(13)16)6-9-2-4-15-5-3-9/h7-9,15-16H,2-6H2,1H3. The molecule has 1 heterocycles. The van der Waals surface area contributed by atoms with Gasteiger partial charge in [-0.1, -0.05) is 0 Å². The first-order valence-corrected chi connectivity index (χ1v) is 5.97. The summed E-state index contributed by atoms with van der Waals surface area (Å²) in [7, 11) is 1.47. The van der Waals surface area contributed by atoms with Gasteiger partial charge in [0.2, 0.25) is 0 Å². The van der Waals surface area contributed by atoms with Gasteiger partial charge in [-0.05, 0) is 49.9 Å². The second kappa shape index (κ2) is 5.36. The molecule has 0 bridgehead atoms. The van der Waals surface area contributed by atoms with Gasteiger partial charge in [-0.3, -0.25) is 0 Å². The van der Waals surface area contributed by atoms with Gasteiger partial charge >= 0.3 is 0 Å². The third kappa shape index (κ3) is 2.88. The highest BCUT2D eigenvalue weighted by Crippen LogP contribution is 2.30. The van der Waals surface area contributed by atoms with Crippen LogP contribution in [0, 0.1) is 11.7 Å². The molecule has 0 saturated carbocycles. The molecule has 3 nitrogen and oxygen atoms in total. The number of ether oxygens (including phenoxy) is 1. The van der Waals surface area contributed by atoms with Crippen molar-refractivity contribution in [3.63, 3.8) is 0 Å². The lowest BCUT2D eigenvalue weighted by molar-refractivity contribution is 0.358. The van der Waals surface area contributed by atoms with Gasteiger partial charge in [0.15, 0.2) is 11.5 Å². The summed E-state index contributed by atoms with van der Waals surface area (Å²) in [5.74, 6) is 0.372. The van der Waals surface area contributed by atoms with Crippen molar-refractivity contribution in [2.45, 2.75) is 19.3 Å². The van der Waals surface area contributed by atoms with E-state index in [1.54, 1.807) is 6.07 Å². The average Bonchev–Trinajstić information content (AvgIpc) is 2.34. The van der Waals surface area contributed by atoms with Gasteiger partial charge in [0.25, 0.3) is 0 Å². The number of nitrogens with one attached hydrogen (secondary N) is 1. The highest BCUT2D eigenvalue weighted by molar-refractivity contribution is 5.42. The smallest absolute Gasteiger partial charge is 0.160 e. The lowest BCUT2D eigenvalue weighted by Crippen LogP contribution is -2.28. The maximum atomic E-state index is 13.7. The van der Waals surface area contributed by atoms with Crippen molar-refractivity contribution in [1.29, 1.82) is 0 Å². The summed E-state index contributed by atoms with van der Waals surface area (Å²) in [6.07, 6.45) is 2.86. The van der Waals surface area contributed by atoms with E-state index < -0.39 is 0 Å². The van der Waals surface area contributed by atoms with Gasteiger partial charge in [-0.2, -0.15) is 0 Å². The van der Waals surface area contributed by atoms with Gasteiger partial charge in [0.1, 0.15) is 5.82 Å². The Morgan fingerprint density at radius 3 is 2.76 bits per heavy atom. The Kier molecular flexibility index (Phi) is 3.84. The third-order valence-corrected chi connectivity index (χ3v) is 3.32. The molecule has 0 amide bonds. The predicted octanol–water partition coefficient (Wildman–Crippen LogP) is 2.08. The molecule has 0 aromatic heterocycles. The molecule has 0 unspecified atom stereocenters. The Morgan fingerprint density at radius 2 is 2.12 bits per heavy atom. The topological polar surface area (TPSA) is 41.5 Å². The molecular weight excluding hydrogens is 221 g/mol. The first-order chi connectivity index (χ1) is 8.20. The molecule has 0 spiro atoms. The second-order valence-corrected chi connectivity index (χ2v) is 4.51. The molecule has 0 atom stereocenters. The van der Waals surface area contributed by atoms with E-state index in [4.69, 9.17) is 4.74 Å². The largest absolute Gasteiger partial charge is 0.504 e. The highest BCUT2D eigenvalue weighted by atomic mass is 19.1. The van der Waals surface area contributed by atoms with E-state index in [1.165, 1.54) is 7.11 Å². The summed E-state index contributed by atoms with van der Waals surface area (Å²) in [4.78, 5) is 0. The van der Waals surface area contributed by atoms with Gasteiger partial charge < -0.3 is 15.2 Å². The fourth-order valence-electron chi connectivity index (χ4n) is 2.30. The lowest BCUT2D eigenvalue weighted by Gasteiger charge is -2.23. The molecule has 0 radical (unpaired) electrons. The van der Waals surface area contributed by atoms with Crippen LogP contribution in [-0.4, -0.2) is 25.3 Å². The third-order valence-electron chi connectivity index (χ3n) is 3.32. The summed E-state index contributed by atoms with van der Waals surface area (Å²) >= 11 is 0. The summed E-state index contributed by atoms with van der Waals surface area (Å²) in [5, 5.41) is 12.7. The Hall–Kier alpha value is -1.29. The lowest BCUT2D eigenvalue weighted by atomic mass is 9.90. The van der Waals surface area contributed by atoms with Gasteiger partial charge in [-0.15, -0.1) is 0 Å². The fraction of sp³-hybridized carbons (Fsp3) is 0.538. The van der Waals surface area contributed by atoms with Crippen molar-refractivity contribution in [2.75, 3.05) is 20.2 Å². The summed E-state index contributed by atoms with van der Waals surface area (Å²) in [6, 6.07) is 2.74. The number of hydrogen-bond donors (Lipinski definition) is 2. The van der Waals surface area contributed by atoms with Crippen LogP contribution in [0.15, 0.2) is 12.1 Å². The van der Waals surface area contributed by atoms with Gasteiger partial charge in [0, 0.05) is 6.07 Å². The van der Waals surface area contributed by atoms with E-state index in [1.807, 2.05) is 0 Å². The first-order valence-electron chi connectivity index (χ1n) is 5.97. The van der Waals surface area contributed by atoms with Crippen molar-refractivity contribution in [1.82, 2.24) is 5.32 Å². The Morgan fingerprint density at radius 1 is 1.41 bits per heavy atom. The number of aromatic hydroxyl groups is 1. The minimum atomic E-state index is -0.346. The van der Waals surface area contributed by atoms with E-state index in [9.17, 15) is 9.50 Å². The number of phenolic OH excluding ortho intramolecular Hbond substituents is 1. The van der Waals surface area contributed by atoms with Gasteiger partial charge in [0.05, 0.1) is 7.11 Å². The van der Waals surface area contributed by atoms with Crippen LogP contribution in [0.5, 0.6) is 11.5 Å². The molecule has 2 rings (SSSR count). The van der Waals surface area contributed by atoms with Crippen molar-refractivity contribution in [3.05, 3.63) is 23.5 Å². The van der Waals surface area contributed by atoms with Crippen LogP contribution >= 0.6 is 0 Å². The molecule has 17 heavy (non-hydrogen) atoms. The molecule has 94 valence electrons. The molecule has 0 aliphatic carbocycles. The van der Waals surface area contributed by atoms with Crippen molar-refractivity contribution >= 4 is 0 Å². The van der Waals surface area contributed by atoms with Crippen molar-refractivity contribution < 1.29 is 14.2 Å². The predicted molar refractivity (Wildman–Crippen MR) is 63.9 cm³/mol. The number of rotatable bonds is 3. The molecule has 1 aliphatic heterocycles. The molecule has 1 aromatic carbocycles. The minimum absolute atomic E-state index is 0.140. The summed E-state index contributed by atoms with van der Waals surface area (Å²) in [5.41, 5.74) is 0.631. The molecule has 2 N–H and O–H groups in total. The van der Waals surface area contributed by atoms with Crippen molar-refractivity contribution in [2.24, 2.45) is 5.92 Å². The Bertz CT molecular complexity index is 389. The van der Waals surface area contributed by atoms with E-state index in [0.29, 0.717) is 23.7 Å². The average molecular weight is 239 g/mol. The molecular formula is C13H18FNO2. The molecule has 1 aliphatic rings. The fourth-order valence-corrected chi connectivity index (χ4v) is 2.30. The normalized spacial score (nSPS) is 17.1. The van der Waals surface area contributed by atoms with Crippen LogP contribution in [0.3, 0.4) is 0 Å². The number of hydrogen-bond acceptors (Lipinski definition) is 3. The molecule has 1 aromatic rings. The molecule has 4 heteroatoms. The molecule has 1 saturated heterocycles. The Balaban J connectivity index is 2.13. The molecule has 1 fully saturated rings. The van der Waals surface area contributed by atoms with Crippen LogP contribution < -0.4 is 10.1 Å². The van der Waals surface area contributed by atoms with Crippen LogP contribution in [0.4, 0.5) is 4.39 Å². The Labute approximate surface area is 101 Å². The second-order valence-electron chi connectivity index (χ2n) is 4.51. The zero-order valence-electron chi connectivity index (χ0n) is 10.0. The van der Waals surface area contributed by atoms with Crippen LogP contribution in [-0.2, 0) is 6.42 Å². The number of benzene rings is 1. The van der Waals surface area contributed by atoms with E-state index in [0.717, 1.165) is 32.0 Å². The quantitative estimate of drug-likeness (QED) is 0.848. The van der Waals surface area contributed by atoms with Gasteiger partial charge in [-0.25, -0.2) is 4.39 Å². The number of halogens is 1. The zero-order valence-corrected chi connectivity index (χ0v) is 10.0. The van der Waals surface area contributed by atoms with Crippen molar-refractivity contribution in [3.8, 4) is 11.5 Å². The van der Waals surface area contributed by atoms with Crippen LogP contribution in [0.1, 0.15) is 18.4 Å². The maximum Gasteiger partial charge on any atom is 0.160 e. The van der Waals surface area contributed by atoms with E-state index in [-0.39, 0.29) is 11.6 Å². The first kappa shape index (κ1) is 12.2. The number of piperidine rings is 1. The summed E-state index contributed by atoms with van der Waals surface area (Å²) in [6.45, 7) is 2.00. The van der Waals surface area contributed by atoms with Crippen LogP contribution in [0.25, 0.3) is 0 Å². The SMILES string of the molecule is COc1cc(CC2CCNCC2)c(F)cc1O.